The molecule has 4 rings (SSSR count). The van der Waals surface area contributed by atoms with E-state index in [9.17, 15) is 9.59 Å². The van der Waals surface area contributed by atoms with Crippen LogP contribution in [0, 0.1) is 0 Å². The maximum absolute atomic E-state index is 12.5. The number of ether oxygens (including phenoxy) is 1. The van der Waals surface area contributed by atoms with Crippen molar-refractivity contribution in [2.75, 3.05) is 46.8 Å². The number of hydrogen-bond acceptors (Lipinski definition) is 6. The average Bonchev–Trinajstić information content (AvgIpc) is 3.13. The number of carbonyl (C=O) groups excluding carboxylic acids is 2. The lowest BCUT2D eigenvalue weighted by atomic mass is 10.0. The number of likely N-dealkylation sites (N-methyl/N-ethyl adjacent to an activating group) is 1. The van der Waals surface area contributed by atoms with Gasteiger partial charge in [-0.25, -0.2) is 4.99 Å². The molecule has 8 nitrogen and oxygen atoms in total. The summed E-state index contributed by atoms with van der Waals surface area (Å²) in [4.78, 5) is 35.7. The Morgan fingerprint density at radius 2 is 1.68 bits per heavy atom. The fraction of sp³-hybridized carbons (Fsp3) is 0.276. The lowest BCUT2D eigenvalue weighted by Gasteiger charge is -2.35. The van der Waals surface area contributed by atoms with E-state index in [0.29, 0.717) is 49.6 Å². The minimum absolute atomic E-state index is 0.0225. The number of piperazine rings is 1. The van der Waals surface area contributed by atoms with Crippen molar-refractivity contribution in [3.8, 4) is 11.5 Å². The number of carbonyl (C=O) groups is 2. The van der Waals surface area contributed by atoms with E-state index in [-0.39, 0.29) is 5.91 Å². The second-order valence-corrected chi connectivity index (χ2v) is 9.18. The molecule has 2 N–H and O–H groups in total. The molecule has 1 saturated heterocycles. The molecule has 1 fully saturated rings. The van der Waals surface area contributed by atoms with E-state index < -0.39 is 5.91 Å². The summed E-state index contributed by atoms with van der Waals surface area (Å²) >= 11 is 0. The van der Waals surface area contributed by atoms with Gasteiger partial charge < -0.3 is 25.2 Å². The molecule has 0 radical (unpaired) electrons. The molecule has 192 valence electrons. The van der Waals surface area contributed by atoms with Gasteiger partial charge in [0.05, 0.1) is 5.70 Å². The summed E-state index contributed by atoms with van der Waals surface area (Å²) < 4.78 is 5.90. The molecule has 2 aliphatic rings. The van der Waals surface area contributed by atoms with Gasteiger partial charge in [0.15, 0.2) is 0 Å². The zero-order valence-electron chi connectivity index (χ0n) is 21.3. The molecule has 0 aromatic heterocycles. The van der Waals surface area contributed by atoms with Crippen molar-refractivity contribution >= 4 is 23.3 Å². The van der Waals surface area contributed by atoms with Crippen LogP contribution in [0.2, 0.25) is 0 Å². The Balaban J connectivity index is 1.49. The van der Waals surface area contributed by atoms with Gasteiger partial charge in [-0.2, -0.15) is 0 Å². The van der Waals surface area contributed by atoms with Gasteiger partial charge >= 0.3 is 0 Å². The number of nitrogens with zero attached hydrogens (tertiary/aromatic N) is 4. The van der Waals surface area contributed by atoms with Crippen LogP contribution in [0.15, 0.2) is 89.5 Å². The highest BCUT2D eigenvalue weighted by Crippen LogP contribution is 2.29. The predicted molar refractivity (Wildman–Crippen MR) is 146 cm³/mol. The Morgan fingerprint density at radius 1 is 1.00 bits per heavy atom. The first kappa shape index (κ1) is 25.9. The molecular weight excluding hydrogens is 466 g/mol. The first-order chi connectivity index (χ1) is 17.9. The van der Waals surface area contributed by atoms with Crippen LogP contribution in [-0.4, -0.2) is 79.2 Å². The van der Waals surface area contributed by atoms with Gasteiger partial charge in [-0.1, -0.05) is 30.4 Å². The van der Waals surface area contributed by atoms with Gasteiger partial charge in [-0.3, -0.25) is 9.59 Å². The molecular formula is C29H33N5O3. The number of primary amides is 1. The summed E-state index contributed by atoms with van der Waals surface area (Å²) in [7, 11) is 3.93. The fourth-order valence-electron chi connectivity index (χ4n) is 4.16. The molecule has 2 aromatic carbocycles. The third-order valence-corrected chi connectivity index (χ3v) is 6.15. The van der Waals surface area contributed by atoms with Crippen molar-refractivity contribution < 1.29 is 14.3 Å². The highest BCUT2D eigenvalue weighted by atomic mass is 16.5. The van der Waals surface area contributed by atoms with Crippen LogP contribution in [0.5, 0.6) is 11.5 Å². The number of hydrogen-bond donors (Lipinski definition) is 1. The second kappa shape index (κ2) is 12.2. The number of rotatable bonds is 7. The molecule has 2 aromatic rings. The van der Waals surface area contributed by atoms with E-state index in [0.717, 1.165) is 23.7 Å². The minimum atomic E-state index is -0.491. The Labute approximate surface area is 218 Å². The largest absolute Gasteiger partial charge is 0.457 e. The van der Waals surface area contributed by atoms with E-state index in [4.69, 9.17) is 15.5 Å². The topological polar surface area (TPSA) is 91.5 Å². The lowest BCUT2D eigenvalue weighted by Crippen LogP contribution is -2.50. The van der Waals surface area contributed by atoms with Crippen LogP contribution >= 0.6 is 0 Å². The molecule has 0 aliphatic carbocycles. The van der Waals surface area contributed by atoms with Gasteiger partial charge in [-0.15, -0.1) is 0 Å². The Hall–Kier alpha value is -4.17. The van der Waals surface area contributed by atoms with Gasteiger partial charge in [-0.05, 0) is 63.0 Å². The summed E-state index contributed by atoms with van der Waals surface area (Å²) in [5.74, 6) is 1.72. The average molecular weight is 500 g/mol. The molecule has 8 heteroatoms. The second-order valence-electron chi connectivity index (χ2n) is 9.18. The Morgan fingerprint density at radius 3 is 2.32 bits per heavy atom. The smallest absolute Gasteiger partial charge is 0.247 e. The maximum atomic E-state index is 12.5. The van der Waals surface area contributed by atoms with E-state index in [2.05, 4.69) is 4.90 Å². The molecule has 0 unspecified atom stereocenters. The summed E-state index contributed by atoms with van der Waals surface area (Å²) in [5.41, 5.74) is 7.55. The van der Waals surface area contributed by atoms with E-state index in [1.807, 2.05) is 96.7 Å². The third-order valence-electron chi connectivity index (χ3n) is 6.15. The molecule has 2 aliphatic heterocycles. The van der Waals surface area contributed by atoms with E-state index in [1.54, 1.807) is 6.08 Å². The maximum Gasteiger partial charge on any atom is 0.247 e. The van der Waals surface area contributed by atoms with Crippen LogP contribution in [0.1, 0.15) is 12.0 Å². The zero-order chi connectivity index (χ0) is 26.2. The minimum Gasteiger partial charge on any atom is -0.457 e. The molecule has 0 spiro atoms. The lowest BCUT2D eigenvalue weighted by molar-refractivity contribution is -0.127. The van der Waals surface area contributed by atoms with Crippen LogP contribution in [0.25, 0.3) is 5.70 Å². The number of allylic oxidation sites excluding steroid dienone is 1. The summed E-state index contributed by atoms with van der Waals surface area (Å²) in [6.07, 6.45) is 7.77. The first-order valence-corrected chi connectivity index (χ1v) is 12.4. The van der Waals surface area contributed by atoms with Crippen molar-refractivity contribution in [3.63, 3.8) is 0 Å². The quantitative estimate of drug-likeness (QED) is 0.591. The number of nitrogens with two attached hydrogens (primary N) is 1. The fourth-order valence-corrected chi connectivity index (χ4v) is 4.16. The Kier molecular flexibility index (Phi) is 8.53. The Bertz CT molecular complexity index is 1220. The summed E-state index contributed by atoms with van der Waals surface area (Å²) in [6.45, 7) is 3.24. The summed E-state index contributed by atoms with van der Waals surface area (Å²) in [5, 5.41) is 0. The number of aliphatic imine (C=N–C) groups is 1. The van der Waals surface area contributed by atoms with Crippen LogP contribution in [0.3, 0.4) is 0 Å². The van der Waals surface area contributed by atoms with Gasteiger partial charge in [0.25, 0.3) is 0 Å². The normalized spacial score (nSPS) is 16.2. The van der Waals surface area contributed by atoms with Crippen molar-refractivity contribution in [1.29, 1.82) is 0 Å². The van der Waals surface area contributed by atoms with Gasteiger partial charge in [0, 0.05) is 49.9 Å². The van der Waals surface area contributed by atoms with Crippen LogP contribution in [-0.2, 0) is 9.59 Å². The molecule has 0 saturated carbocycles. The molecule has 2 heterocycles. The van der Waals surface area contributed by atoms with Crippen molar-refractivity contribution in [2.24, 2.45) is 10.7 Å². The molecule has 2 amide bonds. The highest BCUT2D eigenvalue weighted by Gasteiger charge is 2.23. The summed E-state index contributed by atoms with van der Waals surface area (Å²) in [6, 6.07) is 17.0. The first-order valence-electron chi connectivity index (χ1n) is 12.4. The highest BCUT2D eigenvalue weighted by molar-refractivity contribution is 6.05. The van der Waals surface area contributed by atoms with Gasteiger partial charge in [0.2, 0.25) is 11.8 Å². The van der Waals surface area contributed by atoms with Crippen molar-refractivity contribution in [2.45, 2.75) is 6.42 Å². The SMILES string of the molecule is CN(C)C/C=C/C(=O)N1CCN(C2=NC(c3ccc(Oc4ccccc4)cc3)=C(C(N)=O)CC=C2)CC1. The number of amides is 2. The predicted octanol–water partition coefficient (Wildman–Crippen LogP) is 3.30. The monoisotopic (exact) mass is 499 g/mol. The van der Waals surface area contributed by atoms with Crippen LogP contribution in [0.4, 0.5) is 0 Å². The molecule has 0 bridgehead atoms. The molecule has 37 heavy (non-hydrogen) atoms. The van der Waals surface area contributed by atoms with Crippen LogP contribution < -0.4 is 10.5 Å². The number of para-hydroxylation sites is 1. The molecule has 0 atom stereocenters. The third kappa shape index (κ3) is 6.95. The van der Waals surface area contributed by atoms with E-state index in [1.165, 1.54) is 0 Å². The van der Waals surface area contributed by atoms with Gasteiger partial charge in [0.1, 0.15) is 17.3 Å². The van der Waals surface area contributed by atoms with E-state index >= 15 is 0 Å². The number of amidine groups is 1. The zero-order valence-corrected chi connectivity index (χ0v) is 21.3. The van der Waals surface area contributed by atoms with Crippen molar-refractivity contribution in [3.05, 3.63) is 90.0 Å². The number of benzene rings is 2. The standard InChI is InChI=1S/C29H33N5O3/c1-32(2)17-7-12-27(35)34-20-18-33(19-21-34)26-11-6-10-25(29(30)36)28(31-26)22-13-15-24(16-14-22)37-23-8-4-3-5-9-23/h3-9,11-16H,10,17-21H2,1-2H3,(H2,30,36)/b12-7+. The van der Waals surface area contributed by atoms with Crippen molar-refractivity contribution in [1.82, 2.24) is 14.7 Å².